The van der Waals surface area contributed by atoms with Crippen LogP contribution >= 0.6 is 0 Å². The zero-order chi connectivity index (χ0) is 28.6. The summed E-state index contributed by atoms with van der Waals surface area (Å²) >= 11 is 0. The van der Waals surface area contributed by atoms with Gasteiger partial charge >= 0.3 is 0 Å². The summed E-state index contributed by atoms with van der Waals surface area (Å²) in [7, 11) is 0. The first-order valence-corrected chi connectivity index (χ1v) is 13.1. The second-order valence-corrected chi connectivity index (χ2v) is 7.76. The smallest absolute Gasteiger partial charge is 0.263 e. The molecule has 3 heterocycles. The van der Waals surface area contributed by atoms with Crippen molar-refractivity contribution in [2.24, 2.45) is 16.6 Å². The molecule has 0 bridgehead atoms. The Bertz CT molecular complexity index is 1210. The van der Waals surface area contributed by atoms with Crippen molar-refractivity contribution < 1.29 is 14.4 Å². The van der Waals surface area contributed by atoms with Gasteiger partial charge < -0.3 is 25.5 Å². The van der Waals surface area contributed by atoms with Crippen molar-refractivity contribution in [3.05, 3.63) is 89.7 Å². The minimum Gasteiger partial charge on any atom is -0.391 e. The van der Waals surface area contributed by atoms with Gasteiger partial charge in [-0.05, 0) is 12.1 Å². The lowest BCUT2D eigenvalue weighted by molar-refractivity contribution is -0.117. The summed E-state index contributed by atoms with van der Waals surface area (Å²) in [5.74, 6) is 4.64. The van der Waals surface area contributed by atoms with E-state index in [1.807, 2.05) is 88.4 Å². The summed E-state index contributed by atoms with van der Waals surface area (Å²) < 4.78 is 5.28. The van der Waals surface area contributed by atoms with Crippen molar-refractivity contribution in [3.63, 3.8) is 0 Å². The number of benzene rings is 2. The second-order valence-electron chi connectivity index (χ2n) is 7.76. The van der Waals surface area contributed by atoms with Crippen LogP contribution in [0.2, 0.25) is 0 Å². The Balaban J connectivity index is 0.000000246. The monoisotopic (exact) mass is 533 g/mol. The Morgan fingerprint density at radius 3 is 2.33 bits per heavy atom. The van der Waals surface area contributed by atoms with Crippen LogP contribution in [0.15, 0.2) is 78.0 Å². The lowest BCUT2D eigenvalue weighted by Crippen LogP contribution is -2.37. The van der Waals surface area contributed by atoms with Crippen LogP contribution in [0, 0.1) is 5.41 Å². The van der Waals surface area contributed by atoms with Crippen LogP contribution in [-0.4, -0.2) is 55.0 Å². The quantitative estimate of drug-likeness (QED) is 0.226. The number of fused-ring (bicyclic) bond motifs is 1. The van der Waals surface area contributed by atoms with Crippen LogP contribution in [0.25, 0.3) is 0 Å². The average Bonchev–Trinajstić information content (AvgIpc) is 3.15. The van der Waals surface area contributed by atoms with Crippen molar-refractivity contribution in [2.75, 3.05) is 36.5 Å². The van der Waals surface area contributed by atoms with Crippen molar-refractivity contribution in [3.8, 4) is 0 Å². The normalized spacial score (nSPS) is 15.6. The first kappa shape index (κ1) is 31.1. The van der Waals surface area contributed by atoms with E-state index in [1.54, 1.807) is 12.4 Å². The van der Waals surface area contributed by atoms with Gasteiger partial charge in [-0.3, -0.25) is 20.2 Å². The van der Waals surface area contributed by atoms with Gasteiger partial charge in [0.1, 0.15) is 0 Å². The van der Waals surface area contributed by atoms with E-state index in [4.69, 9.17) is 21.8 Å². The van der Waals surface area contributed by atoms with Gasteiger partial charge in [-0.25, -0.2) is 0 Å². The molecule has 1 aromatic heterocycles. The van der Waals surface area contributed by atoms with E-state index >= 15 is 0 Å². The summed E-state index contributed by atoms with van der Waals surface area (Å²) in [4.78, 5) is 26.7. The highest BCUT2D eigenvalue weighted by atomic mass is 16.6. The van der Waals surface area contributed by atoms with E-state index < -0.39 is 6.17 Å². The molecule has 0 aliphatic carbocycles. The summed E-state index contributed by atoms with van der Waals surface area (Å²) in [6.07, 6.45) is 2.39. The fourth-order valence-electron chi connectivity index (χ4n) is 3.80. The minimum absolute atomic E-state index is 0.0745. The number of nitrogens with zero attached hydrogens (tertiary/aromatic N) is 3. The second kappa shape index (κ2) is 16.7. The van der Waals surface area contributed by atoms with Gasteiger partial charge in [0.15, 0.2) is 6.17 Å². The number of hydrogen-bond acceptors (Lipinski definition) is 9. The molecule has 1 saturated heterocycles. The van der Waals surface area contributed by atoms with Crippen LogP contribution in [0.5, 0.6) is 0 Å². The van der Waals surface area contributed by atoms with E-state index in [0.29, 0.717) is 18.8 Å². The molecule has 2 aromatic carbocycles. The Morgan fingerprint density at radius 2 is 1.67 bits per heavy atom. The Kier molecular flexibility index (Phi) is 13.3. The molecule has 1 amide bonds. The lowest BCUT2D eigenvalue weighted by atomic mass is 10.0. The Labute approximate surface area is 230 Å². The first-order chi connectivity index (χ1) is 19.1. The molecule has 3 aromatic rings. The first-order valence-electron chi connectivity index (χ1n) is 13.1. The highest BCUT2D eigenvalue weighted by Gasteiger charge is 2.22. The third kappa shape index (κ3) is 8.44. The number of hydrogen-bond donors (Lipinski definition) is 4. The number of morpholine rings is 1. The van der Waals surface area contributed by atoms with Gasteiger partial charge in [0.25, 0.3) is 5.91 Å². The van der Waals surface area contributed by atoms with Gasteiger partial charge in [-0.15, -0.1) is 0 Å². The minimum atomic E-state index is -0.886. The number of pyridine rings is 1. The van der Waals surface area contributed by atoms with E-state index in [1.165, 1.54) is 0 Å². The lowest BCUT2D eigenvalue weighted by Gasteiger charge is -2.30. The number of aliphatic imine (C=N–C) groups is 1. The third-order valence-corrected chi connectivity index (χ3v) is 5.54. The molecule has 6 N–H and O–H groups in total. The van der Waals surface area contributed by atoms with Crippen LogP contribution in [0.4, 0.5) is 11.4 Å². The predicted molar refractivity (Wildman–Crippen MR) is 157 cm³/mol. The fraction of sp³-hybridized carbons (Fsp3) is 0.310. The molecule has 10 heteroatoms. The number of rotatable bonds is 3. The fourth-order valence-corrected chi connectivity index (χ4v) is 3.80. The molecule has 0 spiro atoms. The number of carbonyl (C=O) groups is 1. The van der Waals surface area contributed by atoms with E-state index in [2.05, 4.69) is 25.0 Å². The molecule has 0 radical (unpaired) electrons. The molecule has 0 saturated carbocycles. The Morgan fingerprint density at radius 1 is 1.03 bits per heavy atom. The number of nitrogens with one attached hydrogen (secondary N) is 2. The van der Waals surface area contributed by atoms with Gasteiger partial charge in [0, 0.05) is 36.6 Å². The van der Waals surface area contributed by atoms with Crippen molar-refractivity contribution >= 4 is 28.9 Å². The molecule has 5 rings (SSSR count). The van der Waals surface area contributed by atoms with Gasteiger partial charge in [0.05, 0.1) is 35.9 Å². The molecular weight excluding hydrogens is 494 g/mol. The molecule has 1 atom stereocenters. The zero-order valence-corrected chi connectivity index (χ0v) is 23.1. The van der Waals surface area contributed by atoms with Gasteiger partial charge in [-0.2, -0.15) is 5.90 Å². The number of nitrogens with two attached hydrogens (primary N) is 2. The van der Waals surface area contributed by atoms with Crippen molar-refractivity contribution in [2.45, 2.75) is 33.9 Å². The zero-order valence-electron chi connectivity index (χ0n) is 23.1. The molecule has 39 heavy (non-hydrogen) atoms. The summed E-state index contributed by atoms with van der Waals surface area (Å²) in [5, 5.41) is 10.4. The third-order valence-electron chi connectivity index (χ3n) is 5.54. The highest BCUT2D eigenvalue weighted by molar-refractivity contribution is 6.19. The maximum absolute atomic E-state index is 11.8. The molecular formula is C29H39N7O3. The molecule has 1 fully saturated rings. The maximum atomic E-state index is 11.8. The standard InChI is InChI=1S/C15H13N3O.C10H14N4O2.2C2H6/c16-14-15(19)17-12-9-5-4-8-11(12)13(18-14)10-6-2-1-3-7-10;11-10(16-12)8-7-13-2-1-9(8)14-3-5-15-6-4-14;2*1-2/h1-9,14H,16H2,(H,17,19);1-2,7,11H,3-6,12H2;2*1-2H3. The number of amides is 1. The molecule has 1 unspecified atom stereocenters. The summed E-state index contributed by atoms with van der Waals surface area (Å²) in [6.45, 7) is 11.0. The number of carbonyl (C=O) groups excluding carboxylic acids is 1. The van der Waals surface area contributed by atoms with Crippen molar-refractivity contribution in [1.82, 2.24) is 4.98 Å². The van der Waals surface area contributed by atoms with Crippen LogP contribution in [0.1, 0.15) is 44.4 Å². The highest BCUT2D eigenvalue weighted by Crippen LogP contribution is 2.23. The average molecular weight is 534 g/mol. The number of aromatic nitrogens is 1. The van der Waals surface area contributed by atoms with Crippen molar-refractivity contribution in [1.29, 1.82) is 5.41 Å². The summed E-state index contributed by atoms with van der Waals surface area (Å²) in [6, 6.07) is 19.2. The molecule has 2 aliphatic rings. The largest absolute Gasteiger partial charge is 0.391 e. The van der Waals surface area contributed by atoms with Gasteiger partial charge in [0.2, 0.25) is 5.90 Å². The molecule has 10 nitrogen and oxygen atoms in total. The van der Waals surface area contributed by atoms with Crippen LogP contribution < -0.4 is 21.8 Å². The van der Waals surface area contributed by atoms with Crippen LogP contribution in [0.3, 0.4) is 0 Å². The number of anilines is 2. The SMILES string of the molecule is CC.CC.N=C(ON)c1cnccc1N1CCOCC1.NC1N=C(c2ccccc2)c2ccccc2NC1=O. The summed E-state index contributed by atoms with van der Waals surface area (Å²) in [5.41, 5.74) is 10.6. The maximum Gasteiger partial charge on any atom is 0.263 e. The number of benzodiazepines with no additional fused rings is 1. The van der Waals surface area contributed by atoms with Gasteiger partial charge in [-0.1, -0.05) is 76.2 Å². The topological polar surface area (TPSA) is 152 Å². The number of ether oxygens (including phenoxy) is 1. The predicted octanol–water partition coefficient (Wildman–Crippen LogP) is 3.95. The molecule has 208 valence electrons. The van der Waals surface area contributed by atoms with Crippen LogP contribution in [-0.2, 0) is 14.4 Å². The number of para-hydroxylation sites is 1. The Hall–Kier alpha value is -4.12. The van der Waals surface area contributed by atoms with E-state index in [0.717, 1.165) is 41.3 Å². The molecule has 2 aliphatic heterocycles. The van der Waals surface area contributed by atoms with E-state index in [-0.39, 0.29) is 11.8 Å². The van der Waals surface area contributed by atoms with E-state index in [9.17, 15) is 4.79 Å².